The lowest BCUT2D eigenvalue weighted by Crippen LogP contribution is -2.54. The molecule has 1 unspecified atom stereocenters. The largest absolute Gasteiger partial charge is 0.351 e. The van der Waals surface area contributed by atoms with Gasteiger partial charge in [0.1, 0.15) is 0 Å². The Hall–Kier alpha value is -2.55. The van der Waals surface area contributed by atoms with E-state index < -0.39 is 0 Å². The molecule has 9 heteroatoms. The third-order valence-corrected chi connectivity index (χ3v) is 6.19. The molecule has 2 aromatic heterocycles. The molecule has 0 spiro atoms. The Kier molecular flexibility index (Phi) is 6.88. The van der Waals surface area contributed by atoms with E-state index in [1.54, 1.807) is 24.5 Å². The smallest absolute Gasteiger partial charge is 0.251 e. The van der Waals surface area contributed by atoms with Gasteiger partial charge in [-0.1, -0.05) is 41.9 Å². The third-order valence-electron chi connectivity index (χ3n) is 5.32. The van der Waals surface area contributed by atoms with Crippen molar-refractivity contribution >= 4 is 35.1 Å². The highest BCUT2D eigenvalue weighted by Gasteiger charge is 2.26. The number of pyridine rings is 1. The van der Waals surface area contributed by atoms with Crippen LogP contribution in [0.15, 0.2) is 54.9 Å². The van der Waals surface area contributed by atoms with Crippen LogP contribution < -0.4 is 10.2 Å². The van der Waals surface area contributed by atoms with Crippen LogP contribution in [-0.2, 0) is 6.42 Å². The SMILES string of the molecule is O=C(NCC(Cc1ccccc1)N1CCN(c2nsnc2Cl)CC1)c1ccncc1. The first kappa shape index (κ1) is 20.7. The summed E-state index contributed by atoms with van der Waals surface area (Å²) in [5, 5.41) is 3.57. The van der Waals surface area contributed by atoms with E-state index >= 15 is 0 Å². The summed E-state index contributed by atoms with van der Waals surface area (Å²) < 4.78 is 8.38. The van der Waals surface area contributed by atoms with E-state index in [9.17, 15) is 4.79 Å². The molecular formula is C21H23ClN6OS. The first-order valence-corrected chi connectivity index (χ1v) is 11.0. The molecule has 1 aromatic carbocycles. The molecule has 1 N–H and O–H groups in total. The number of amides is 1. The van der Waals surface area contributed by atoms with Gasteiger partial charge in [-0.2, -0.15) is 8.75 Å². The molecule has 0 saturated carbocycles. The second-order valence-electron chi connectivity index (χ2n) is 7.19. The van der Waals surface area contributed by atoms with E-state index in [1.165, 1.54) is 5.56 Å². The van der Waals surface area contributed by atoms with E-state index in [1.807, 2.05) is 6.07 Å². The topological polar surface area (TPSA) is 74.2 Å². The standard InChI is InChI=1S/C21H23ClN6OS/c22-19-20(26-30-25-19)28-12-10-27(11-13-28)18(14-16-4-2-1-3-5-16)15-24-21(29)17-6-8-23-9-7-17/h1-9,18H,10-15H2,(H,24,29). The zero-order valence-corrected chi connectivity index (χ0v) is 18.0. The number of carbonyl (C=O) groups is 1. The van der Waals surface area contributed by atoms with E-state index in [4.69, 9.17) is 11.6 Å². The van der Waals surface area contributed by atoms with Crippen LogP contribution in [0.3, 0.4) is 0 Å². The van der Waals surface area contributed by atoms with Crippen molar-refractivity contribution in [1.82, 2.24) is 23.9 Å². The van der Waals surface area contributed by atoms with Crippen LogP contribution >= 0.6 is 23.3 Å². The minimum absolute atomic E-state index is 0.0746. The monoisotopic (exact) mass is 442 g/mol. The van der Waals surface area contributed by atoms with Gasteiger partial charge in [0.15, 0.2) is 11.0 Å². The lowest BCUT2D eigenvalue weighted by molar-refractivity contribution is 0.0929. The molecule has 7 nitrogen and oxygen atoms in total. The summed E-state index contributed by atoms with van der Waals surface area (Å²) in [6, 6.07) is 14.0. The van der Waals surface area contributed by atoms with Gasteiger partial charge in [0, 0.05) is 56.7 Å². The van der Waals surface area contributed by atoms with E-state index in [0.717, 1.165) is 50.1 Å². The number of nitrogens with one attached hydrogen (secondary N) is 1. The predicted molar refractivity (Wildman–Crippen MR) is 119 cm³/mol. The van der Waals surface area contributed by atoms with Crippen LogP contribution in [0.5, 0.6) is 0 Å². The molecule has 0 aliphatic carbocycles. The molecule has 3 heterocycles. The molecule has 4 rings (SSSR count). The maximum absolute atomic E-state index is 12.5. The number of aromatic nitrogens is 3. The number of hydrogen-bond acceptors (Lipinski definition) is 7. The number of hydrogen-bond donors (Lipinski definition) is 1. The summed E-state index contributed by atoms with van der Waals surface area (Å²) in [6.45, 7) is 3.98. The highest BCUT2D eigenvalue weighted by Crippen LogP contribution is 2.24. The average molecular weight is 443 g/mol. The van der Waals surface area contributed by atoms with Gasteiger partial charge in [0.05, 0.1) is 11.7 Å². The van der Waals surface area contributed by atoms with Gasteiger partial charge >= 0.3 is 0 Å². The minimum Gasteiger partial charge on any atom is -0.351 e. The van der Waals surface area contributed by atoms with Gasteiger partial charge in [-0.25, -0.2) is 0 Å². The van der Waals surface area contributed by atoms with Crippen molar-refractivity contribution in [2.24, 2.45) is 0 Å². The Morgan fingerprint density at radius 2 is 1.80 bits per heavy atom. The fourth-order valence-electron chi connectivity index (χ4n) is 3.69. The normalized spacial score (nSPS) is 15.7. The summed E-state index contributed by atoms with van der Waals surface area (Å²) in [6.07, 6.45) is 4.14. The van der Waals surface area contributed by atoms with E-state index in [0.29, 0.717) is 17.3 Å². The number of rotatable bonds is 7. The zero-order valence-electron chi connectivity index (χ0n) is 16.4. The predicted octanol–water partition coefficient (Wildman–Crippen LogP) is 2.75. The first-order chi connectivity index (χ1) is 14.7. The quantitative estimate of drug-likeness (QED) is 0.606. The van der Waals surface area contributed by atoms with Crippen LogP contribution in [0.4, 0.5) is 5.82 Å². The van der Waals surface area contributed by atoms with Crippen molar-refractivity contribution in [3.63, 3.8) is 0 Å². The molecular weight excluding hydrogens is 420 g/mol. The molecule has 1 atom stereocenters. The summed E-state index contributed by atoms with van der Waals surface area (Å²) in [4.78, 5) is 21.1. The van der Waals surface area contributed by atoms with Crippen molar-refractivity contribution in [2.75, 3.05) is 37.6 Å². The highest BCUT2D eigenvalue weighted by molar-refractivity contribution is 6.99. The Morgan fingerprint density at radius 3 is 2.47 bits per heavy atom. The molecule has 1 amide bonds. The Labute approximate surface area is 185 Å². The fraction of sp³-hybridized carbons (Fsp3) is 0.333. The lowest BCUT2D eigenvalue weighted by atomic mass is 10.0. The molecule has 156 valence electrons. The summed E-state index contributed by atoms with van der Waals surface area (Å²) in [5.74, 6) is 0.696. The van der Waals surface area contributed by atoms with Gasteiger partial charge < -0.3 is 10.2 Å². The maximum Gasteiger partial charge on any atom is 0.251 e. The van der Waals surface area contributed by atoms with Gasteiger partial charge in [-0.15, -0.1) is 0 Å². The molecule has 0 bridgehead atoms. The first-order valence-electron chi connectivity index (χ1n) is 9.90. The number of nitrogens with zero attached hydrogens (tertiary/aromatic N) is 5. The number of benzene rings is 1. The second-order valence-corrected chi connectivity index (χ2v) is 8.08. The average Bonchev–Trinajstić information content (AvgIpc) is 3.23. The molecule has 3 aromatic rings. The van der Waals surface area contributed by atoms with Gasteiger partial charge in [0.25, 0.3) is 5.91 Å². The van der Waals surface area contributed by atoms with Crippen molar-refractivity contribution in [3.05, 3.63) is 71.1 Å². The van der Waals surface area contributed by atoms with Gasteiger partial charge in [-0.05, 0) is 24.1 Å². The highest BCUT2D eigenvalue weighted by atomic mass is 35.5. The van der Waals surface area contributed by atoms with E-state index in [2.05, 4.69) is 53.1 Å². The number of anilines is 1. The Balaban J connectivity index is 1.41. The molecule has 30 heavy (non-hydrogen) atoms. The summed E-state index contributed by atoms with van der Waals surface area (Å²) in [5.41, 5.74) is 1.88. The van der Waals surface area contributed by atoms with Crippen molar-refractivity contribution in [1.29, 1.82) is 0 Å². The minimum atomic E-state index is -0.0746. The third kappa shape index (κ3) is 5.13. The van der Waals surface area contributed by atoms with Crippen LogP contribution in [-0.4, -0.2) is 63.3 Å². The fourth-order valence-corrected chi connectivity index (χ4v) is 4.47. The zero-order chi connectivity index (χ0) is 20.8. The number of halogens is 1. The molecule has 1 saturated heterocycles. The number of carbonyl (C=O) groups excluding carboxylic acids is 1. The van der Waals surface area contributed by atoms with E-state index in [-0.39, 0.29) is 11.9 Å². The van der Waals surface area contributed by atoms with Gasteiger partial charge in [-0.3, -0.25) is 14.7 Å². The van der Waals surface area contributed by atoms with Crippen molar-refractivity contribution < 1.29 is 4.79 Å². The molecule has 1 aliphatic rings. The van der Waals surface area contributed by atoms with Crippen molar-refractivity contribution in [3.8, 4) is 0 Å². The Bertz CT molecular complexity index is 946. The van der Waals surface area contributed by atoms with Gasteiger partial charge in [0.2, 0.25) is 0 Å². The molecule has 1 fully saturated rings. The summed E-state index contributed by atoms with van der Waals surface area (Å²) in [7, 11) is 0. The van der Waals surface area contributed by atoms with Crippen LogP contribution in [0.2, 0.25) is 5.15 Å². The van der Waals surface area contributed by atoms with Crippen LogP contribution in [0.25, 0.3) is 0 Å². The number of piperazine rings is 1. The lowest BCUT2D eigenvalue weighted by Gasteiger charge is -2.39. The van der Waals surface area contributed by atoms with Crippen LogP contribution in [0.1, 0.15) is 15.9 Å². The molecule has 0 radical (unpaired) electrons. The molecule has 1 aliphatic heterocycles. The Morgan fingerprint density at radius 1 is 1.07 bits per heavy atom. The van der Waals surface area contributed by atoms with Crippen molar-refractivity contribution in [2.45, 2.75) is 12.5 Å². The van der Waals surface area contributed by atoms with Crippen LogP contribution in [0, 0.1) is 0 Å². The maximum atomic E-state index is 12.5. The summed E-state index contributed by atoms with van der Waals surface area (Å²) >= 11 is 7.29. The second kappa shape index (κ2) is 9.97.